The molecule has 2 heterocycles. The first-order chi connectivity index (χ1) is 12.8. The van der Waals surface area contributed by atoms with Gasteiger partial charge in [0.2, 0.25) is 5.91 Å². The number of hydrogen-bond acceptors (Lipinski definition) is 6. The smallest absolute Gasteiger partial charge is 0.338 e. The van der Waals surface area contributed by atoms with E-state index < -0.39 is 11.4 Å². The number of benzene rings is 1. The van der Waals surface area contributed by atoms with Crippen molar-refractivity contribution < 1.29 is 18.7 Å². The molecule has 1 N–H and O–H groups in total. The van der Waals surface area contributed by atoms with Gasteiger partial charge in [-0.05, 0) is 30.3 Å². The van der Waals surface area contributed by atoms with Crippen LogP contribution >= 0.6 is 11.3 Å². The monoisotopic (exact) mass is 384 g/mol. The summed E-state index contributed by atoms with van der Waals surface area (Å²) in [5.41, 5.74) is 1.05. The Kier molecular flexibility index (Phi) is 5.41. The molecule has 0 atom stereocenters. The molecule has 3 rings (SSSR count). The molecule has 0 saturated carbocycles. The molecule has 6 nitrogen and oxygen atoms in total. The first-order valence-corrected chi connectivity index (χ1v) is 9.28. The molecule has 0 saturated heterocycles. The van der Waals surface area contributed by atoms with E-state index in [1.807, 2.05) is 32.2 Å². The molecule has 140 valence electrons. The average Bonchev–Trinajstić information content (AvgIpc) is 3.30. The van der Waals surface area contributed by atoms with Crippen LogP contribution in [0.5, 0.6) is 0 Å². The molecule has 1 amide bonds. The van der Waals surface area contributed by atoms with Gasteiger partial charge in [-0.25, -0.2) is 9.78 Å². The largest absolute Gasteiger partial charge is 0.462 e. The molecular formula is C20H20N2O4S. The molecule has 27 heavy (non-hydrogen) atoms. The number of nitrogens with zero attached hydrogens (tertiary/aromatic N) is 1. The highest BCUT2D eigenvalue weighted by Gasteiger charge is 2.21. The summed E-state index contributed by atoms with van der Waals surface area (Å²) in [6.07, 6.45) is 1.59. The van der Waals surface area contributed by atoms with Crippen LogP contribution in [0.1, 0.15) is 36.8 Å². The number of ether oxygens (including phenoxy) is 1. The third-order valence-corrected chi connectivity index (χ3v) is 4.58. The Labute approximate surface area is 161 Å². The van der Waals surface area contributed by atoms with E-state index in [4.69, 9.17) is 9.15 Å². The second-order valence-electron chi connectivity index (χ2n) is 6.98. The van der Waals surface area contributed by atoms with Gasteiger partial charge in [0.1, 0.15) is 6.61 Å². The fourth-order valence-electron chi connectivity index (χ4n) is 2.15. The van der Waals surface area contributed by atoms with E-state index in [1.165, 1.54) is 11.3 Å². The summed E-state index contributed by atoms with van der Waals surface area (Å²) in [6.45, 7) is 5.54. The zero-order chi connectivity index (χ0) is 19.4. The molecule has 0 radical (unpaired) electrons. The molecule has 0 spiro atoms. The van der Waals surface area contributed by atoms with Crippen LogP contribution in [0.15, 0.2) is 52.5 Å². The lowest BCUT2D eigenvalue weighted by Gasteiger charge is -2.17. The van der Waals surface area contributed by atoms with E-state index in [9.17, 15) is 9.59 Å². The number of nitrogens with one attached hydrogen (secondary N) is 1. The van der Waals surface area contributed by atoms with Gasteiger partial charge in [-0.1, -0.05) is 26.8 Å². The van der Waals surface area contributed by atoms with E-state index in [0.29, 0.717) is 22.7 Å². The van der Waals surface area contributed by atoms with Crippen molar-refractivity contribution in [2.24, 2.45) is 5.41 Å². The predicted octanol–water partition coefficient (Wildman–Crippen LogP) is 4.74. The number of rotatable bonds is 5. The zero-order valence-electron chi connectivity index (χ0n) is 15.3. The molecule has 0 bridgehead atoms. The fourth-order valence-corrected chi connectivity index (χ4v) is 2.92. The van der Waals surface area contributed by atoms with Gasteiger partial charge in [0, 0.05) is 16.5 Å². The molecule has 0 aliphatic carbocycles. The van der Waals surface area contributed by atoms with Crippen molar-refractivity contribution >= 4 is 28.9 Å². The topological polar surface area (TPSA) is 81.4 Å². The Balaban J connectivity index is 1.61. The van der Waals surface area contributed by atoms with Crippen LogP contribution in [0.3, 0.4) is 0 Å². The minimum atomic E-state index is -0.521. The van der Waals surface area contributed by atoms with Crippen LogP contribution in [0.25, 0.3) is 10.8 Å². The molecule has 0 fully saturated rings. The van der Waals surface area contributed by atoms with Crippen molar-refractivity contribution in [3.63, 3.8) is 0 Å². The molecule has 2 aromatic heterocycles. The molecule has 7 heteroatoms. The Morgan fingerprint density at radius 2 is 2.04 bits per heavy atom. The second-order valence-corrected chi connectivity index (χ2v) is 7.84. The van der Waals surface area contributed by atoms with Gasteiger partial charge in [-0.2, -0.15) is 0 Å². The van der Waals surface area contributed by atoms with Gasteiger partial charge in [0.15, 0.2) is 10.8 Å². The summed E-state index contributed by atoms with van der Waals surface area (Å²) in [4.78, 5) is 28.8. The lowest BCUT2D eigenvalue weighted by Crippen LogP contribution is -2.27. The average molecular weight is 384 g/mol. The lowest BCUT2D eigenvalue weighted by atomic mass is 9.95. The maximum Gasteiger partial charge on any atom is 0.338 e. The van der Waals surface area contributed by atoms with E-state index in [2.05, 4.69) is 10.3 Å². The first kappa shape index (κ1) is 18.8. The van der Waals surface area contributed by atoms with Gasteiger partial charge in [0.25, 0.3) is 0 Å². The Morgan fingerprint density at radius 3 is 2.74 bits per heavy atom. The number of anilines is 1. The van der Waals surface area contributed by atoms with Crippen LogP contribution in [0.4, 0.5) is 5.69 Å². The van der Waals surface area contributed by atoms with Gasteiger partial charge in [-0.3, -0.25) is 4.79 Å². The minimum absolute atomic E-state index is 0.0641. The first-order valence-electron chi connectivity index (χ1n) is 8.40. The Bertz CT molecular complexity index is 939. The maximum absolute atomic E-state index is 12.3. The summed E-state index contributed by atoms with van der Waals surface area (Å²) in [7, 11) is 0. The van der Waals surface area contributed by atoms with Gasteiger partial charge in [0.05, 0.1) is 17.5 Å². The number of hydrogen-bond donors (Lipinski definition) is 1. The minimum Gasteiger partial charge on any atom is -0.462 e. The molecular weight excluding hydrogens is 364 g/mol. The van der Waals surface area contributed by atoms with Crippen molar-refractivity contribution in [2.75, 3.05) is 5.32 Å². The highest BCUT2D eigenvalue weighted by molar-refractivity contribution is 7.13. The van der Waals surface area contributed by atoms with Crippen molar-refractivity contribution in [1.29, 1.82) is 0 Å². The van der Waals surface area contributed by atoms with E-state index >= 15 is 0 Å². The van der Waals surface area contributed by atoms with Crippen LogP contribution in [0, 0.1) is 5.41 Å². The summed E-state index contributed by atoms with van der Waals surface area (Å²) >= 11 is 1.42. The number of thiazole rings is 1. The number of carbonyl (C=O) groups excluding carboxylic acids is 2. The highest BCUT2D eigenvalue weighted by atomic mass is 32.1. The van der Waals surface area contributed by atoms with Crippen LogP contribution in [-0.2, 0) is 16.1 Å². The van der Waals surface area contributed by atoms with Gasteiger partial charge >= 0.3 is 5.97 Å². The number of aromatic nitrogens is 1. The van der Waals surface area contributed by atoms with Crippen molar-refractivity contribution in [3.05, 3.63) is 59.3 Å². The Morgan fingerprint density at radius 1 is 1.22 bits per heavy atom. The zero-order valence-corrected chi connectivity index (χ0v) is 16.1. The number of amides is 1. The summed E-state index contributed by atoms with van der Waals surface area (Å²) in [5, 5.41) is 5.36. The van der Waals surface area contributed by atoms with E-state index in [1.54, 1.807) is 36.6 Å². The maximum atomic E-state index is 12.3. The normalized spacial score (nSPS) is 11.2. The quantitative estimate of drug-likeness (QED) is 0.642. The number of furan rings is 1. The molecule has 3 aromatic rings. The van der Waals surface area contributed by atoms with Crippen LogP contribution in [0.2, 0.25) is 0 Å². The summed E-state index contributed by atoms with van der Waals surface area (Å²) in [6, 6.07) is 10.3. The molecule has 0 aliphatic heterocycles. The number of esters is 1. The molecule has 1 aromatic carbocycles. The number of carbonyl (C=O) groups is 2. The van der Waals surface area contributed by atoms with Crippen molar-refractivity contribution in [1.82, 2.24) is 4.98 Å². The van der Waals surface area contributed by atoms with Gasteiger partial charge < -0.3 is 14.5 Å². The summed E-state index contributed by atoms with van der Waals surface area (Å²) < 4.78 is 10.6. The lowest BCUT2D eigenvalue weighted by molar-refractivity contribution is -0.123. The Hall–Kier alpha value is -2.93. The highest BCUT2D eigenvalue weighted by Crippen LogP contribution is 2.24. The fraction of sp³-hybridized carbons (Fsp3) is 0.250. The van der Waals surface area contributed by atoms with E-state index in [0.717, 1.165) is 5.01 Å². The van der Waals surface area contributed by atoms with Crippen molar-refractivity contribution in [3.8, 4) is 10.8 Å². The van der Waals surface area contributed by atoms with Crippen molar-refractivity contribution in [2.45, 2.75) is 27.4 Å². The third-order valence-electron chi connectivity index (χ3n) is 3.67. The predicted molar refractivity (Wildman–Crippen MR) is 103 cm³/mol. The standard InChI is InChI=1S/C20H20N2O4S/c1-20(2,3)19(24)22-14-7-4-6-13(10-14)18(23)26-11-15-12-27-17(21-15)16-8-5-9-25-16/h4-10,12H,11H2,1-3H3,(H,22,24). The SMILES string of the molecule is CC(C)(C)C(=O)Nc1cccc(C(=O)OCc2csc(-c3ccco3)n2)c1. The van der Waals surface area contributed by atoms with Crippen LogP contribution < -0.4 is 5.32 Å². The van der Waals surface area contributed by atoms with E-state index in [-0.39, 0.29) is 12.5 Å². The second kappa shape index (κ2) is 7.75. The summed E-state index contributed by atoms with van der Waals surface area (Å²) in [5.74, 6) is 0.0789. The van der Waals surface area contributed by atoms with Crippen LogP contribution in [-0.4, -0.2) is 16.9 Å². The van der Waals surface area contributed by atoms with Gasteiger partial charge in [-0.15, -0.1) is 11.3 Å². The molecule has 0 unspecified atom stereocenters. The molecule has 0 aliphatic rings. The third kappa shape index (κ3) is 4.83.